The summed E-state index contributed by atoms with van der Waals surface area (Å²) in [6, 6.07) is 9.28. The van der Waals surface area contributed by atoms with Crippen molar-refractivity contribution in [2.24, 2.45) is 0 Å². The summed E-state index contributed by atoms with van der Waals surface area (Å²) in [6.07, 6.45) is 0.174. The highest BCUT2D eigenvalue weighted by molar-refractivity contribution is 6.31. The lowest BCUT2D eigenvalue weighted by atomic mass is 10.2. The largest absolute Gasteiger partial charge is 0.508 e. The van der Waals surface area contributed by atoms with Gasteiger partial charge in [0.1, 0.15) is 29.0 Å². The van der Waals surface area contributed by atoms with Crippen LogP contribution in [-0.2, 0) is 16.0 Å². The molecular formula is C32H46Cl2N4O7. The molecular weight excluding hydrogens is 623 g/mol. The molecule has 250 valence electrons. The maximum atomic E-state index is 12.0. The molecule has 2 amide bonds. The summed E-state index contributed by atoms with van der Waals surface area (Å²) < 4.78 is 10.6. The van der Waals surface area contributed by atoms with Crippen LogP contribution in [0.4, 0.5) is 9.59 Å². The predicted molar refractivity (Wildman–Crippen MR) is 175 cm³/mol. The van der Waals surface area contributed by atoms with Crippen LogP contribution in [0.15, 0.2) is 36.4 Å². The van der Waals surface area contributed by atoms with Gasteiger partial charge in [-0.15, -0.1) is 0 Å². The number of ether oxygens (including phenoxy) is 2. The Morgan fingerprint density at radius 3 is 1.67 bits per heavy atom. The Bertz CT molecular complexity index is 1230. The molecule has 11 nitrogen and oxygen atoms in total. The van der Waals surface area contributed by atoms with Crippen molar-refractivity contribution in [1.29, 1.82) is 0 Å². The maximum absolute atomic E-state index is 12.0. The fourth-order valence-electron chi connectivity index (χ4n) is 4.24. The van der Waals surface area contributed by atoms with E-state index in [4.69, 9.17) is 37.8 Å². The van der Waals surface area contributed by atoms with Gasteiger partial charge in [-0.25, -0.2) is 9.59 Å². The molecule has 0 bridgehead atoms. The number of halogens is 2. The number of nitrogens with one attached hydrogen (secondary N) is 1. The average molecular weight is 670 g/mol. The van der Waals surface area contributed by atoms with Crippen LogP contribution in [0.1, 0.15) is 57.5 Å². The van der Waals surface area contributed by atoms with E-state index in [9.17, 15) is 19.5 Å². The van der Waals surface area contributed by atoms with Crippen molar-refractivity contribution in [3.8, 4) is 11.5 Å². The highest BCUT2D eigenvalue weighted by Gasteiger charge is 2.26. The highest BCUT2D eigenvalue weighted by Crippen LogP contribution is 2.22. The quantitative estimate of drug-likeness (QED) is 0.348. The van der Waals surface area contributed by atoms with Gasteiger partial charge in [-0.1, -0.05) is 23.2 Å². The van der Waals surface area contributed by atoms with Crippen LogP contribution < -0.4 is 5.32 Å². The van der Waals surface area contributed by atoms with Gasteiger partial charge in [0.15, 0.2) is 0 Å². The molecule has 0 spiro atoms. The second-order valence-electron chi connectivity index (χ2n) is 12.6. The van der Waals surface area contributed by atoms with Crippen molar-refractivity contribution in [1.82, 2.24) is 20.0 Å². The zero-order valence-electron chi connectivity index (χ0n) is 26.9. The van der Waals surface area contributed by atoms with Crippen molar-refractivity contribution in [3.63, 3.8) is 0 Å². The number of hydrogen-bond donors (Lipinski definition) is 3. The van der Waals surface area contributed by atoms with E-state index in [-0.39, 0.29) is 29.3 Å². The van der Waals surface area contributed by atoms with Crippen LogP contribution in [0.25, 0.3) is 0 Å². The molecule has 0 aromatic heterocycles. The number of aromatic hydroxyl groups is 2. The SMILES string of the molecule is CC(C)(C)OC(=O)N1CCN(Cc2cc(O)cc(Cl)c2)CC1.CC(C)(C)OC(=O)N1CCNCC1.O=Cc1cc(O)cc(Cl)c1. The van der Waals surface area contributed by atoms with Gasteiger partial charge >= 0.3 is 12.2 Å². The second kappa shape index (κ2) is 17.4. The average Bonchev–Trinajstić information content (AvgIpc) is 2.92. The number of phenols is 2. The topological polar surface area (TPSA) is 132 Å². The number of carbonyl (C=O) groups is 3. The molecule has 0 unspecified atom stereocenters. The Labute approximate surface area is 276 Å². The number of phenolic OH excluding ortho intramolecular Hbond substituents is 2. The molecule has 2 saturated heterocycles. The lowest BCUT2D eigenvalue weighted by Crippen LogP contribution is -2.49. The van der Waals surface area contributed by atoms with Gasteiger partial charge < -0.3 is 34.8 Å². The van der Waals surface area contributed by atoms with Gasteiger partial charge in [-0.3, -0.25) is 9.69 Å². The second-order valence-corrected chi connectivity index (χ2v) is 13.5. The third-order valence-corrected chi connectivity index (χ3v) is 6.62. The summed E-state index contributed by atoms with van der Waals surface area (Å²) in [7, 11) is 0. The third kappa shape index (κ3) is 15.5. The van der Waals surface area contributed by atoms with E-state index in [2.05, 4.69) is 10.2 Å². The summed E-state index contributed by atoms with van der Waals surface area (Å²) >= 11 is 11.5. The van der Waals surface area contributed by atoms with E-state index in [1.165, 1.54) is 24.3 Å². The molecule has 2 aromatic carbocycles. The van der Waals surface area contributed by atoms with Crippen LogP contribution in [-0.4, -0.2) is 107 Å². The predicted octanol–water partition coefficient (Wildman–Crippen LogP) is 5.78. The van der Waals surface area contributed by atoms with E-state index in [1.807, 2.05) is 47.6 Å². The highest BCUT2D eigenvalue weighted by atomic mass is 35.5. The van der Waals surface area contributed by atoms with E-state index >= 15 is 0 Å². The monoisotopic (exact) mass is 668 g/mol. The van der Waals surface area contributed by atoms with Crippen molar-refractivity contribution in [2.75, 3.05) is 52.4 Å². The minimum absolute atomic E-state index is 0.00889. The molecule has 2 fully saturated rings. The Morgan fingerprint density at radius 1 is 0.756 bits per heavy atom. The first-order chi connectivity index (χ1) is 20.9. The maximum Gasteiger partial charge on any atom is 0.410 e. The molecule has 0 atom stereocenters. The molecule has 0 saturated carbocycles. The Balaban J connectivity index is 0.000000259. The Hall–Kier alpha value is -3.25. The van der Waals surface area contributed by atoms with Gasteiger partial charge in [0, 0.05) is 74.5 Å². The molecule has 0 aliphatic carbocycles. The Kier molecular flexibility index (Phi) is 14.7. The van der Waals surface area contributed by atoms with E-state index in [0.717, 1.165) is 44.8 Å². The zero-order valence-corrected chi connectivity index (χ0v) is 28.5. The summed E-state index contributed by atoms with van der Waals surface area (Å²) in [6.45, 7) is 18.0. The molecule has 2 aromatic rings. The van der Waals surface area contributed by atoms with Gasteiger partial charge in [0.25, 0.3) is 0 Å². The molecule has 45 heavy (non-hydrogen) atoms. The molecule has 2 aliphatic heterocycles. The number of nitrogens with zero attached hydrogens (tertiary/aromatic N) is 3. The van der Waals surface area contributed by atoms with Crippen molar-refractivity contribution < 1.29 is 34.1 Å². The molecule has 2 aliphatic rings. The standard InChI is InChI=1S/C16H23ClN2O3.C9H18N2O2.C7H5ClO2/c1-16(2,3)22-15(21)19-6-4-18(5-7-19)11-12-8-13(17)10-14(20)9-12;1-9(2,3)13-8(12)11-6-4-10-5-7-11;8-6-1-5(4-9)2-7(10)3-6/h8-10,20H,4-7,11H2,1-3H3;10H,4-7H2,1-3H3;1-4,10H. The summed E-state index contributed by atoms with van der Waals surface area (Å²) in [5.74, 6) is 0.185. The first kappa shape index (κ1) is 37.9. The zero-order chi connectivity index (χ0) is 33.8. The molecule has 3 N–H and O–H groups in total. The third-order valence-electron chi connectivity index (χ3n) is 6.18. The van der Waals surface area contributed by atoms with Crippen LogP contribution >= 0.6 is 23.2 Å². The molecule has 13 heteroatoms. The van der Waals surface area contributed by atoms with E-state index in [0.29, 0.717) is 41.5 Å². The summed E-state index contributed by atoms with van der Waals surface area (Å²) in [5, 5.41) is 22.5. The van der Waals surface area contributed by atoms with E-state index in [1.54, 1.807) is 15.9 Å². The summed E-state index contributed by atoms with van der Waals surface area (Å²) in [5.41, 5.74) is 0.495. The van der Waals surface area contributed by atoms with Crippen molar-refractivity contribution in [3.05, 3.63) is 57.6 Å². The molecule has 2 heterocycles. The minimum atomic E-state index is -0.466. The number of hydrogen-bond acceptors (Lipinski definition) is 9. The Morgan fingerprint density at radius 2 is 1.22 bits per heavy atom. The van der Waals surface area contributed by atoms with Crippen molar-refractivity contribution in [2.45, 2.75) is 59.3 Å². The normalized spacial score (nSPS) is 15.6. The number of benzene rings is 2. The smallest absolute Gasteiger partial charge is 0.410 e. The molecule has 4 rings (SSSR count). The summed E-state index contributed by atoms with van der Waals surface area (Å²) in [4.78, 5) is 39.3. The minimum Gasteiger partial charge on any atom is -0.508 e. The molecule has 0 radical (unpaired) electrons. The van der Waals surface area contributed by atoms with Gasteiger partial charge in [-0.05, 0) is 83.5 Å². The number of carbonyl (C=O) groups excluding carboxylic acids is 3. The number of aldehydes is 1. The fraction of sp³-hybridized carbons (Fsp3) is 0.531. The number of amides is 2. The van der Waals surface area contributed by atoms with E-state index < -0.39 is 5.60 Å². The van der Waals surface area contributed by atoms with Crippen LogP contribution in [0.3, 0.4) is 0 Å². The first-order valence-electron chi connectivity index (χ1n) is 14.8. The van der Waals surface area contributed by atoms with Crippen LogP contribution in [0.5, 0.6) is 11.5 Å². The van der Waals surface area contributed by atoms with Gasteiger partial charge in [0.05, 0.1) is 0 Å². The van der Waals surface area contributed by atoms with Crippen LogP contribution in [0, 0.1) is 0 Å². The van der Waals surface area contributed by atoms with Crippen LogP contribution in [0.2, 0.25) is 10.0 Å². The number of rotatable bonds is 3. The fourth-order valence-corrected chi connectivity index (χ4v) is 4.73. The lowest BCUT2D eigenvalue weighted by molar-refractivity contribution is 0.0138. The van der Waals surface area contributed by atoms with Gasteiger partial charge in [0.2, 0.25) is 0 Å². The van der Waals surface area contributed by atoms with Crippen molar-refractivity contribution >= 4 is 41.7 Å². The van der Waals surface area contributed by atoms with Gasteiger partial charge in [-0.2, -0.15) is 0 Å². The number of piperazine rings is 2. The first-order valence-corrected chi connectivity index (χ1v) is 15.5. The lowest BCUT2D eigenvalue weighted by Gasteiger charge is -2.35.